The van der Waals surface area contributed by atoms with Crippen molar-refractivity contribution < 1.29 is 34.2 Å². The number of rotatable bonds is 15. The number of fused-ring (bicyclic) bond motifs is 1. The second kappa shape index (κ2) is 14.9. The van der Waals surface area contributed by atoms with E-state index in [0.29, 0.717) is 5.56 Å². The molecule has 3 rings (SSSR count). The van der Waals surface area contributed by atoms with E-state index in [1.54, 1.807) is 12.3 Å². The van der Waals surface area contributed by atoms with E-state index in [2.05, 4.69) is 33.6 Å². The Morgan fingerprint density at radius 2 is 1.41 bits per heavy atom. The highest BCUT2D eigenvalue weighted by atomic mass is 32.1. The minimum absolute atomic E-state index is 0.0562. The van der Waals surface area contributed by atoms with Gasteiger partial charge < -0.3 is 36.9 Å². The number of amides is 3. The van der Waals surface area contributed by atoms with E-state index < -0.39 is 60.2 Å². The summed E-state index contributed by atoms with van der Waals surface area (Å²) in [5, 5.41) is 27.1. The van der Waals surface area contributed by atoms with Gasteiger partial charge in [0.15, 0.2) is 0 Å². The highest BCUT2D eigenvalue weighted by molar-refractivity contribution is 7.80. The van der Waals surface area contributed by atoms with Crippen molar-refractivity contribution in [3.63, 3.8) is 0 Å². The molecule has 12 nitrogen and oxygen atoms in total. The summed E-state index contributed by atoms with van der Waals surface area (Å²) in [6.07, 6.45) is 1.04. The lowest BCUT2D eigenvalue weighted by atomic mass is 10.0. The van der Waals surface area contributed by atoms with Crippen LogP contribution in [0.4, 0.5) is 0 Å². The fourth-order valence-electron chi connectivity index (χ4n) is 4.24. The number of carboxylic acids is 2. The number of benzene rings is 2. The largest absolute Gasteiger partial charge is 0.481 e. The van der Waals surface area contributed by atoms with E-state index >= 15 is 0 Å². The van der Waals surface area contributed by atoms with Crippen molar-refractivity contribution in [3.05, 3.63) is 71.9 Å². The molecule has 0 spiro atoms. The number of carbonyl (C=O) groups excluding carboxylic acids is 3. The van der Waals surface area contributed by atoms with Crippen LogP contribution in [0.15, 0.2) is 60.8 Å². The van der Waals surface area contributed by atoms with Crippen LogP contribution < -0.4 is 21.7 Å². The molecule has 13 heteroatoms. The summed E-state index contributed by atoms with van der Waals surface area (Å²) in [4.78, 5) is 65.0. The Morgan fingerprint density at radius 3 is 2.07 bits per heavy atom. The third-order valence-corrected chi connectivity index (χ3v) is 6.81. The standard InChI is InChI=1S/C28H33N5O7S/c29-19(12-16-6-2-1-3-7-16)25(36)33-23(15-41)27(38)31-21(10-11-24(34)35)26(37)32-22(28(39)40)13-17-14-30-20-9-5-4-8-18(17)20/h1-9,14,19,21-23,30,41H,10-13,15,29H2,(H,31,38)(H,32,37)(H,33,36)(H,34,35)(H,39,40). The van der Waals surface area contributed by atoms with E-state index in [1.807, 2.05) is 48.5 Å². The van der Waals surface area contributed by atoms with Crippen molar-refractivity contribution in [1.82, 2.24) is 20.9 Å². The first-order valence-corrected chi connectivity index (χ1v) is 13.5. The minimum Gasteiger partial charge on any atom is -0.481 e. The molecule has 3 amide bonds. The molecule has 3 aromatic rings. The van der Waals surface area contributed by atoms with Crippen LogP contribution in [-0.2, 0) is 36.8 Å². The third-order valence-electron chi connectivity index (χ3n) is 6.44. The number of aromatic amines is 1. The predicted octanol–water partition coefficient (Wildman–Crippen LogP) is 0.614. The number of nitrogens with two attached hydrogens (primary N) is 1. The second-order valence-electron chi connectivity index (χ2n) is 9.50. The maximum absolute atomic E-state index is 13.1. The summed E-state index contributed by atoms with van der Waals surface area (Å²) < 4.78 is 0. The molecule has 8 N–H and O–H groups in total. The first-order chi connectivity index (χ1) is 19.6. The van der Waals surface area contributed by atoms with Gasteiger partial charge >= 0.3 is 11.9 Å². The van der Waals surface area contributed by atoms with Crippen LogP contribution in [0.1, 0.15) is 24.0 Å². The maximum Gasteiger partial charge on any atom is 0.326 e. The number of carboxylic acid groups (broad SMARTS) is 2. The SMILES string of the molecule is NC(Cc1ccccc1)C(=O)NC(CS)C(=O)NC(CCC(=O)O)C(=O)NC(Cc1c[nH]c2ccccc12)C(=O)O. The first kappa shape index (κ1) is 31.2. The lowest BCUT2D eigenvalue weighted by molar-refractivity contribution is -0.143. The summed E-state index contributed by atoms with van der Waals surface area (Å²) in [6.45, 7) is 0. The molecule has 0 radical (unpaired) electrons. The number of hydrogen-bond donors (Lipinski definition) is 8. The Labute approximate surface area is 241 Å². The molecule has 1 heterocycles. The molecule has 0 saturated carbocycles. The number of para-hydroxylation sites is 1. The van der Waals surface area contributed by atoms with Crippen molar-refractivity contribution >= 4 is 53.2 Å². The van der Waals surface area contributed by atoms with Gasteiger partial charge in [-0.2, -0.15) is 12.6 Å². The quantitative estimate of drug-likeness (QED) is 0.119. The smallest absolute Gasteiger partial charge is 0.326 e. The predicted molar refractivity (Wildman–Crippen MR) is 154 cm³/mol. The topological polar surface area (TPSA) is 204 Å². The Bertz CT molecular complexity index is 1380. The Morgan fingerprint density at radius 1 is 0.805 bits per heavy atom. The number of aliphatic carboxylic acids is 2. The van der Waals surface area contributed by atoms with Crippen LogP contribution in [-0.4, -0.2) is 74.8 Å². The highest BCUT2D eigenvalue weighted by Gasteiger charge is 2.30. The zero-order valence-electron chi connectivity index (χ0n) is 22.1. The van der Waals surface area contributed by atoms with Crippen molar-refractivity contribution in [2.24, 2.45) is 5.73 Å². The Balaban J connectivity index is 1.67. The monoisotopic (exact) mass is 583 g/mol. The van der Waals surface area contributed by atoms with E-state index in [-0.39, 0.29) is 25.0 Å². The van der Waals surface area contributed by atoms with Crippen LogP contribution in [0, 0.1) is 0 Å². The Kier molecular flexibility index (Phi) is 11.3. The van der Waals surface area contributed by atoms with E-state index in [1.165, 1.54) is 0 Å². The van der Waals surface area contributed by atoms with Crippen LogP contribution >= 0.6 is 12.6 Å². The van der Waals surface area contributed by atoms with Crippen molar-refractivity contribution in [2.75, 3.05) is 5.75 Å². The summed E-state index contributed by atoms with van der Waals surface area (Å²) in [6, 6.07) is 11.4. The molecular formula is C28H33N5O7S. The van der Waals surface area contributed by atoms with Crippen molar-refractivity contribution in [3.8, 4) is 0 Å². The lowest BCUT2D eigenvalue weighted by Gasteiger charge is -2.24. The zero-order chi connectivity index (χ0) is 29.9. The van der Waals surface area contributed by atoms with Gasteiger partial charge in [-0.1, -0.05) is 48.5 Å². The van der Waals surface area contributed by atoms with E-state index in [9.17, 15) is 29.1 Å². The molecular weight excluding hydrogens is 550 g/mol. The van der Waals surface area contributed by atoms with Gasteiger partial charge in [0.05, 0.1) is 6.04 Å². The summed E-state index contributed by atoms with van der Waals surface area (Å²) >= 11 is 4.13. The number of thiol groups is 1. The molecule has 4 unspecified atom stereocenters. The van der Waals surface area contributed by atoms with Gasteiger partial charge in [-0.25, -0.2) is 4.79 Å². The molecule has 0 aliphatic rings. The summed E-state index contributed by atoms with van der Waals surface area (Å²) in [7, 11) is 0. The second-order valence-corrected chi connectivity index (χ2v) is 9.86. The third kappa shape index (κ3) is 9.08. The number of H-pyrrole nitrogens is 1. The van der Waals surface area contributed by atoms with Crippen LogP contribution in [0.25, 0.3) is 10.9 Å². The summed E-state index contributed by atoms with van der Waals surface area (Å²) in [5.74, 6) is -4.94. The summed E-state index contributed by atoms with van der Waals surface area (Å²) in [5.41, 5.74) is 8.28. The number of nitrogens with one attached hydrogen (secondary N) is 4. The number of aromatic nitrogens is 1. The van der Waals surface area contributed by atoms with Crippen molar-refractivity contribution in [1.29, 1.82) is 0 Å². The van der Waals surface area contributed by atoms with E-state index in [4.69, 9.17) is 10.8 Å². The van der Waals surface area contributed by atoms with Gasteiger partial charge in [0.1, 0.15) is 18.1 Å². The molecule has 4 atom stereocenters. The van der Waals surface area contributed by atoms with Crippen LogP contribution in [0.2, 0.25) is 0 Å². The van der Waals surface area contributed by atoms with Gasteiger partial charge in [-0.15, -0.1) is 0 Å². The molecule has 41 heavy (non-hydrogen) atoms. The van der Waals surface area contributed by atoms with Crippen LogP contribution in [0.3, 0.4) is 0 Å². The first-order valence-electron chi connectivity index (χ1n) is 12.9. The average molecular weight is 584 g/mol. The molecule has 2 aromatic carbocycles. The van der Waals surface area contributed by atoms with Crippen LogP contribution in [0.5, 0.6) is 0 Å². The minimum atomic E-state index is -1.39. The van der Waals surface area contributed by atoms with Gasteiger partial charge in [-0.05, 0) is 30.0 Å². The molecule has 0 aliphatic heterocycles. The highest BCUT2D eigenvalue weighted by Crippen LogP contribution is 2.19. The Hall–Kier alpha value is -4.36. The molecule has 0 saturated heterocycles. The molecule has 0 fully saturated rings. The maximum atomic E-state index is 13.1. The molecule has 1 aromatic heterocycles. The molecule has 218 valence electrons. The fourth-order valence-corrected chi connectivity index (χ4v) is 4.49. The average Bonchev–Trinajstić information content (AvgIpc) is 3.36. The van der Waals surface area contributed by atoms with Gasteiger partial charge in [0, 0.05) is 35.7 Å². The van der Waals surface area contributed by atoms with E-state index in [0.717, 1.165) is 16.5 Å². The molecule has 0 bridgehead atoms. The number of carbonyl (C=O) groups is 5. The van der Waals surface area contributed by atoms with Crippen molar-refractivity contribution in [2.45, 2.75) is 49.9 Å². The molecule has 0 aliphatic carbocycles. The van der Waals surface area contributed by atoms with Gasteiger partial charge in [0.2, 0.25) is 17.7 Å². The zero-order valence-corrected chi connectivity index (χ0v) is 23.0. The fraction of sp³-hybridized carbons (Fsp3) is 0.321. The number of hydrogen-bond acceptors (Lipinski definition) is 7. The lowest BCUT2D eigenvalue weighted by Crippen LogP contribution is -2.58. The van der Waals surface area contributed by atoms with Gasteiger partial charge in [-0.3, -0.25) is 19.2 Å². The van der Waals surface area contributed by atoms with Gasteiger partial charge in [0.25, 0.3) is 0 Å². The normalized spacial score (nSPS) is 13.9.